The molecule has 1 aliphatic heterocycles. The van der Waals surface area contributed by atoms with Crippen LogP contribution in [0.5, 0.6) is 11.5 Å². The van der Waals surface area contributed by atoms with Crippen LogP contribution in [0, 0.1) is 0 Å². The molecule has 0 radical (unpaired) electrons. The highest BCUT2D eigenvalue weighted by Crippen LogP contribution is 2.50. The standard InChI is InChI=1S/C51H38N4OS/c1-28(2)30-14-11-15-31(29(3)4)46(30)40-27-53-51-47-33(32-12-5-7-16-39(32)54(40)51)19-22-41-37(47)26-38-42(56-41)23-20-34-35-21-24-44-48(36-13-6-8-17-43(36)57-44)50(35)55(49(34)38)45-18-9-10-25-52-45/h5-25,27-29H,26H2,1-4H3. The van der Waals surface area contributed by atoms with Crippen LogP contribution >= 0.6 is 11.3 Å². The number of thiophene rings is 1. The van der Waals surface area contributed by atoms with Crippen molar-refractivity contribution in [3.63, 3.8) is 0 Å². The summed E-state index contributed by atoms with van der Waals surface area (Å²) < 4.78 is 14.4. The molecule has 0 unspecified atom stereocenters. The van der Waals surface area contributed by atoms with E-state index in [0.29, 0.717) is 18.3 Å². The van der Waals surface area contributed by atoms with Crippen molar-refractivity contribution >= 4 is 80.6 Å². The molecule has 274 valence electrons. The highest BCUT2D eigenvalue weighted by Gasteiger charge is 2.29. The molecule has 0 fully saturated rings. The summed E-state index contributed by atoms with van der Waals surface area (Å²) >= 11 is 1.85. The summed E-state index contributed by atoms with van der Waals surface area (Å²) in [4.78, 5) is 10.3. The minimum absolute atomic E-state index is 0.357. The first-order valence-electron chi connectivity index (χ1n) is 19.9. The van der Waals surface area contributed by atoms with Gasteiger partial charge in [0.25, 0.3) is 0 Å². The Morgan fingerprint density at radius 1 is 0.579 bits per heavy atom. The molecule has 6 heteroatoms. The lowest BCUT2D eigenvalue weighted by molar-refractivity contribution is 0.462. The maximum absolute atomic E-state index is 7.01. The highest BCUT2D eigenvalue weighted by atomic mass is 32.1. The van der Waals surface area contributed by atoms with Crippen LogP contribution in [0.4, 0.5) is 0 Å². The van der Waals surface area contributed by atoms with E-state index in [0.717, 1.165) is 56.2 Å². The van der Waals surface area contributed by atoms with E-state index in [1.165, 1.54) is 63.9 Å². The molecule has 57 heavy (non-hydrogen) atoms. The lowest BCUT2D eigenvalue weighted by Crippen LogP contribution is -2.08. The number of nitrogens with zero attached hydrogens (tertiary/aromatic N) is 4. The number of hydrogen-bond acceptors (Lipinski definition) is 4. The van der Waals surface area contributed by atoms with E-state index >= 15 is 0 Å². The summed E-state index contributed by atoms with van der Waals surface area (Å²) in [6, 6.07) is 44.0. The third-order valence-electron chi connectivity index (χ3n) is 12.3. The Kier molecular flexibility index (Phi) is 6.89. The summed E-state index contributed by atoms with van der Waals surface area (Å²) in [6.45, 7) is 9.17. The Morgan fingerprint density at radius 2 is 1.28 bits per heavy atom. The summed E-state index contributed by atoms with van der Waals surface area (Å²) in [6.07, 6.45) is 4.69. The van der Waals surface area contributed by atoms with Crippen LogP contribution in [0.2, 0.25) is 0 Å². The van der Waals surface area contributed by atoms with Crippen molar-refractivity contribution < 1.29 is 4.74 Å². The van der Waals surface area contributed by atoms with Gasteiger partial charge < -0.3 is 4.74 Å². The Hall–Kier alpha value is -6.50. The van der Waals surface area contributed by atoms with Gasteiger partial charge in [0.2, 0.25) is 0 Å². The lowest BCUT2D eigenvalue weighted by Gasteiger charge is -2.24. The number of para-hydroxylation sites is 1. The van der Waals surface area contributed by atoms with Gasteiger partial charge in [0.1, 0.15) is 23.0 Å². The topological polar surface area (TPSA) is 44.4 Å². The summed E-state index contributed by atoms with van der Waals surface area (Å²) in [5.41, 5.74) is 11.9. The molecule has 0 bridgehead atoms. The molecule has 0 aliphatic carbocycles. The third-order valence-corrected chi connectivity index (χ3v) is 13.4. The number of benzene rings is 6. The second-order valence-corrected chi connectivity index (χ2v) is 17.2. The largest absolute Gasteiger partial charge is 0.457 e. The molecule has 0 atom stereocenters. The molecule has 5 nitrogen and oxygen atoms in total. The van der Waals surface area contributed by atoms with E-state index in [2.05, 4.69) is 158 Å². The van der Waals surface area contributed by atoms with Crippen molar-refractivity contribution in [2.75, 3.05) is 0 Å². The van der Waals surface area contributed by atoms with E-state index in [-0.39, 0.29) is 0 Å². The van der Waals surface area contributed by atoms with E-state index in [1.54, 1.807) is 0 Å². The van der Waals surface area contributed by atoms with Crippen LogP contribution in [0.15, 0.2) is 134 Å². The summed E-state index contributed by atoms with van der Waals surface area (Å²) in [5, 5.41) is 8.48. The summed E-state index contributed by atoms with van der Waals surface area (Å²) in [5.74, 6) is 3.38. The normalized spacial score (nSPS) is 12.9. The van der Waals surface area contributed by atoms with Crippen molar-refractivity contribution in [2.24, 2.45) is 0 Å². The van der Waals surface area contributed by atoms with E-state index in [4.69, 9.17) is 14.7 Å². The fourth-order valence-electron chi connectivity index (χ4n) is 9.80. The van der Waals surface area contributed by atoms with Gasteiger partial charge in [-0.05, 0) is 82.9 Å². The fourth-order valence-corrected chi connectivity index (χ4v) is 10.9. The molecule has 0 spiro atoms. The number of pyridine rings is 2. The van der Waals surface area contributed by atoms with Crippen molar-refractivity contribution in [3.05, 3.63) is 156 Å². The first kappa shape index (κ1) is 32.7. The average Bonchev–Trinajstić information content (AvgIpc) is 3.95. The van der Waals surface area contributed by atoms with E-state index in [1.807, 2.05) is 23.6 Å². The maximum atomic E-state index is 7.01. The molecule has 6 heterocycles. The van der Waals surface area contributed by atoms with Crippen LogP contribution in [0.25, 0.3) is 86.4 Å². The van der Waals surface area contributed by atoms with Crippen molar-refractivity contribution in [1.29, 1.82) is 0 Å². The van der Waals surface area contributed by atoms with Gasteiger partial charge in [0, 0.05) is 71.0 Å². The third kappa shape index (κ3) is 4.50. The van der Waals surface area contributed by atoms with Crippen LogP contribution in [0.1, 0.15) is 61.8 Å². The quantitative estimate of drug-likeness (QED) is 0.168. The van der Waals surface area contributed by atoms with E-state index < -0.39 is 0 Å². The predicted octanol–water partition coefficient (Wildman–Crippen LogP) is 14.1. The number of rotatable bonds is 4. The average molecular weight is 755 g/mol. The molecule has 6 aromatic carbocycles. The first-order chi connectivity index (χ1) is 28.0. The van der Waals surface area contributed by atoms with Gasteiger partial charge in [0.05, 0.1) is 28.4 Å². The minimum atomic E-state index is 0.357. The molecule has 1 aliphatic rings. The molecule has 12 rings (SSSR count). The molecule has 0 N–H and O–H groups in total. The summed E-state index contributed by atoms with van der Waals surface area (Å²) in [7, 11) is 0. The molecule has 0 amide bonds. The van der Waals surface area contributed by atoms with Gasteiger partial charge in [-0.15, -0.1) is 11.3 Å². The number of imidazole rings is 1. The number of hydrogen-bond donors (Lipinski definition) is 0. The molecule has 0 saturated carbocycles. The Morgan fingerprint density at radius 3 is 2.07 bits per heavy atom. The SMILES string of the molecule is CC(C)c1cccc(C(C)C)c1-c1cnc2c3c4c(ccc3c3ccccc3n12)Oc1ccc2c3ccc5sc6ccccc6c5c3n(-c3ccccn3)c2c1C4. The van der Waals surface area contributed by atoms with E-state index in [9.17, 15) is 0 Å². The van der Waals surface area contributed by atoms with Crippen molar-refractivity contribution in [1.82, 2.24) is 18.9 Å². The van der Waals surface area contributed by atoms with Crippen LogP contribution in [-0.4, -0.2) is 18.9 Å². The van der Waals surface area contributed by atoms with Crippen LogP contribution < -0.4 is 4.74 Å². The zero-order chi connectivity index (χ0) is 38.1. The lowest BCUT2D eigenvalue weighted by atomic mass is 9.87. The minimum Gasteiger partial charge on any atom is -0.457 e. The van der Waals surface area contributed by atoms with Gasteiger partial charge in [-0.2, -0.15) is 0 Å². The Labute approximate surface area is 333 Å². The fraction of sp³-hybridized carbons (Fsp3) is 0.137. The number of aromatic nitrogens is 4. The van der Waals surface area contributed by atoms with Gasteiger partial charge in [-0.25, -0.2) is 9.97 Å². The molecule has 0 saturated heterocycles. The molecular weight excluding hydrogens is 717 g/mol. The highest BCUT2D eigenvalue weighted by molar-refractivity contribution is 7.26. The molecule has 5 aromatic heterocycles. The van der Waals surface area contributed by atoms with Gasteiger partial charge in [-0.3, -0.25) is 8.97 Å². The number of fused-ring (bicyclic) bond motifs is 17. The predicted molar refractivity (Wildman–Crippen MR) is 238 cm³/mol. The van der Waals surface area contributed by atoms with Gasteiger partial charge in [-0.1, -0.05) is 94.4 Å². The zero-order valence-electron chi connectivity index (χ0n) is 32.2. The zero-order valence-corrected chi connectivity index (χ0v) is 33.0. The molecular formula is C51H38N4OS. The van der Waals surface area contributed by atoms with Crippen LogP contribution in [-0.2, 0) is 6.42 Å². The van der Waals surface area contributed by atoms with Crippen LogP contribution in [0.3, 0.4) is 0 Å². The second kappa shape index (κ2) is 12.0. The van der Waals surface area contributed by atoms with Gasteiger partial charge in [0.15, 0.2) is 0 Å². The maximum Gasteiger partial charge on any atom is 0.146 e. The monoisotopic (exact) mass is 754 g/mol. The van der Waals surface area contributed by atoms with Gasteiger partial charge >= 0.3 is 0 Å². The van der Waals surface area contributed by atoms with Crippen molar-refractivity contribution in [2.45, 2.75) is 46.0 Å². The first-order valence-corrected chi connectivity index (χ1v) is 20.7. The van der Waals surface area contributed by atoms with Crippen molar-refractivity contribution in [3.8, 4) is 28.6 Å². The Balaban J connectivity index is 1.19. The molecule has 11 aromatic rings. The Bertz CT molecular complexity index is 3450. The second-order valence-electron chi connectivity index (χ2n) is 16.1. The smallest absolute Gasteiger partial charge is 0.146 e. The number of ether oxygens (including phenoxy) is 1.